The van der Waals surface area contributed by atoms with Crippen molar-refractivity contribution in [3.05, 3.63) is 28.8 Å². The van der Waals surface area contributed by atoms with Gasteiger partial charge >= 0.3 is 5.97 Å². The van der Waals surface area contributed by atoms with Gasteiger partial charge in [-0.2, -0.15) is 0 Å². The van der Waals surface area contributed by atoms with Crippen LogP contribution in [0, 0.1) is 0 Å². The van der Waals surface area contributed by atoms with Crippen LogP contribution in [-0.4, -0.2) is 30.5 Å². The highest BCUT2D eigenvalue weighted by Crippen LogP contribution is 2.28. The van der Waals surface area contributed by atoms with E-state index in [4.69, 9.17) is 21.4 Å². The minimum atomic E-state index is -1.000. The Hall–Kier alpha value is -0.710. The van der Waals surface area contributed by atoms with Crippen LogP contribution in [0.25, 0.3) is 0 Å². The molecule has 0 saturated carbocycles. The van der Waals surface area contributed by atoms with Gasteiger partial charge in [0.2, 0.25) is 0 Å². The molecule has 0 bridgehead atoms. The van der Waals surface area contributed by atoms with E-state index < -0.39 is 5.97 Å². The van der Waals surface area contributed by atoms with Crippen molar-refractivity contribution in [1.29, 1.82) is 0 Å². The van der Waals surface area contributed by atoms with E-state index in [-0.39, 0.29) is 10.6 Å². The van der Waals surface area contributed by atoms with Crippen LogP contribution in [0.15, 0.2) is 23.1 Å². The zero-order valence-corrected chi connectivity index (χ0v) is 9.77. The molecule has 15 heavy (non-hydrogen) atoms. The van der Waals surface area contributed by atoms with Crippen molar-refractivity contribution in [2.24, 2.45) is 0 Å². The molecule has 82 valence electrons. The van der Waals surface area contributed by atoms with Crippen LogP contribution in [0.4, 0.5) is 0 Å². The summed E-state index contributed by atoms with van der Waals surface area (Å²) in [6.45, 7) is 0.580. The summed E-state index contributed by atoms with van der Waals surface area (Å²) >= 11 is 7.24. The molecular weight excluding hydrogens is 236 g/mol. The summed E-state index contributed by atoms with van der Waals surface area (Å²) in [6.07, 6.45) is 0. The van der Waals surface area contributed by atoms with Gasteiger partial charge in [-0.3, -0.25) is 0 Å². The van der Waals surface area contributed by atoms with Gasteiger partial charge in [0.15, 0.2) is 0 Å². The van der Waals surface area contributed by atoms with Gasteiger partial charge in [-0.1, -0.05) is 17.7 Å². The summed E-state index contributed by atoms with van der Waals surface area (Å²) in [5.74, 6) is -0.294. The van der Waals surface area contributed by atoms with Crippen LogP contribution in [-0.2, 0) is 4.74 Å². The lowest BCUT2D eigenvalue weighted by Crippen LogP contribution is -2.01. The lowest BCUT2D eigenvalue weighted by molar-refractivity contribution is 0.0693. The molecule has 1 aromatic rings. The van der Waals surface area contributed by atoms with Crippen molar-refractivity contribution in [2.75, 3.05) is 19.5 Å². The second kappa shape index (κ2) is 6.00. The number of rotatable bonds is 5. The molecule has 0 aromatic heterocycles. The molecule has 0 spiro atoms. The van der Waals surface area contributed by atoms with Gasteiger partial charge in [-0.15, -0.1) is 11.8 Å². The Labute approximate surface area is 97.4 Å². The highest BCUT2D eigenvalue weighted by atomic mass is 35.5. The Morgan fingerprint density at radius 3 is 2.93 bits per heavy atom. The normalized spacial score (nSPS) is 10.3. The summed E-state index contributed by atoms with van der Waals surface area (Å²) in [6, 6.07) is 5.06. The number of carboxylic acids is 1. The van der Waals surface area contributed by atoms with Crippen molar-refractivity contribution in [3.63, 3.8) is 0 Å². The van der Waals surface area contributed by atoms with E-state index in [9.17, 15) is 4.79 Å². The number of thioether (sulfide) groups is 1. The summed E-state index contributed by atoms with van der Waals surface area (Å²) < 4.78 is 4.89. The summed E-state index contributed by atoms with van der Waals surface area (Å²) in [4.78, 5) is 11.6. The third kappa shape index (κ3) is 3.41. The van der Waals surface area contributed by atoms with Crippen molar-refractivity contribution in [3.8, 4) is 0 Å². The average Bonchev–Trinajstić information content (AvgIpc) is 2.17. The molecule has 0 amide bonds. The quantitative estimate of drug-likeness (QED) is 0.641. The Morgan fingerprint density at radius 2 is 2.33 bits per heavy atom. The Bertz CT molecular complexity index is 355. The SMILES string of the molecule is COCCSc1cccc(Cl)c1C(=O)O. The smallest absolute Gasteiger partial charge is 0.338 e. The molecule has 0 fully saturated rings. The number of carboxylic acid groups (broad SMARTS) is 1. The van der Waals surface area contributed by atoms with Crippen LogP contribution in [0.5, 0.6) is 0 Å². The maximum Gasteiger partial charge on any atom is 0.338 e. The van der Waals surface area contributed by atoms with E-state index in [1.165, 1.54) is 11.8 Å². The second-order valence-corrected chi connectivity index (χ2v) is 4.30. The van der Waals surface area contributed by atoms with Gasteiger partial charge < -0.3 is 9.84 Å². The number of aromatic carboxylic acids is 1. The van der Waals surface area contributed by atoms with Crippen LogP contribution in [0.2, 0.25) is 5.02 Å². The highest BCUT2D eigenvalue weighted by molar-refractivity contribution is 7.99. The third-order valence-electron chi connectivity index (χ3n) is 1.73. The van der Waals surface area contributed by atoms with Gasteiger partial charge in [0.05, 0.1) is 17.2 Å². The Kier molecular flexibility index (Phi) is 4.94. The predicted molar refractivity (Wildman–Crippen MR) is 61.0 cm³/mol. The zero-order chi connectivity index (χ0) is 11.3. The van der Waals surface area contributed by atoms with Crippen molar-refractivity contribution >= 4 is 29.3 Å². The van der Waals surface area contributed by atoms with Gasteiger partial charge in [0.1, 0.15) is 0 Å². The fourth-order valence-electron chi connectivity index (χ4n) is 1.07. The number of methoxy groups -OCH3 is 1. The first kappa shape index (κ1) is 12.4. The first-order valence-electron chi connectivity index (χ1n) is 4.30. The van der Waals surface area contributed by atoms with Crippen molar-refractivity contribution in [2.45, 2.75) is 4.90 Å². The first-order chi connectivity index (χ1) is 7.16. The minimum Gasteiger partial charge on any atom is -0.478 e. The number of benzene rings is 1. The van der Waals surface area contributed by atoms with E-state index in [1.54, 1.807) is 25.3 Å². The van der Waals surface area contributed by atoms with Crippen LogP contribution >= 0.6 is 23.4 Å². The molecule has 1 N–H and O–H groups in total. The van der Waals surface area contributed by atoms with Crippen molar-refractivity contribution < 1.29 is 14.6 Å². The largest absolute Gasteiger partial charge is 0.478 e. The number of halogens is 1. The van der Waals surface area contributed by atoms with Gasteiger partial charge in [-0.25, -0.2) is 4.79 Å². The Balaban J connectivity index is 2.86. The average molecular weight is 247 g/mol. The second-order valence-electron chi connectivity index (χ2n) is 2.76. The topological polar surface area (TPSA) is 46.5 Å². The van der Waals surface area contributed by atoms with E-state index in [1.807, 2.05) is 0 Å². The molecule has 1 aromatic carbocycles. The maximum absolute atomic E-state index is 10.9. The molecule has 0 aliphatic carbocycles. The van der Waals surface area contributed by atoms with Gasteiger partial charge in [0.25, 0.3) is 0 Å². The Morgan fingerprint density at radius 1 is 1.60 bits per heavy atom. The van der Waals surface area contributed by atoms with Gasteiger partial charge in [-0.05, 0) is 12.1 Å². The molecule has 3 nitrogen and oxygen atoms in total. The molecule has 5 heteroatoms. The highest BCUT2D eigenvalue weighted by Gasteiger charge is 2.13. The van der Waals surface area contributed by atoms with Gasteiger partial charge in [0, 0.05) is 17.8 Å². The molecule has 0 radical (unpaired) electrons. The molecule has 0 saturated heterocycles. The third-order valence-corrected chi connectivity index (χ3v) is 3.07. The number of carbonyl (C=O) groups is 1. The van der Waals surface area contributed by atoms with E-state index in [0.29, 0.717) is 17.3 Å². The zero-order valence-electron chi connectivity index (χ0n) is 8.20. The molecule has 0 aliphatic heterocycles. The molecule has 0 heterocycles. The number of hydrogen-bond acceptors (Lipinski definition) is 3. The van der Waals surface area contributed by atoms with Crippen LogP contribution < -0.4 is 0 Å². The number of hydrogen-bond donors (Lipinski definition) is 1. The first-order valence-corrected chi connectivity index (χ1v) is 5.66. The van der Waals surface area contributed by atoms with E-state index in [2.05, 4.69) is 0 Å². The predicted octanol–water partition coefficient (Wildman–Crippen LogP) is 2.78. The molecule has 0 unspecified atom stereocenters. The maximum atomic E-state index is 10.9. The fourth-order valence-corrected chi connectivity index (χ4v) is 2.36. The van der Waals surface area contributed by atoms with E-state index in [0.717, 1.165) is 0 Å². The lowest BCUT2D eigenvalue weighted by atomic mass is 10.2. The monoisotopic (exact) mass is 246 g/mol. The van der Waals surface area contributed by atoms with Crippen LogP contribution in [0.3, 0.4) is 0 Å². The molecule has 0 aliphatic rings. The molecule has 0 atom stereocenters. The summed E-state index contributed by atoms with van der Waals surface area (Å²) in [5.41, 5.74) is 0.167. The minimum absolute atomic E-state index is 0.167. The summed E-state index contributed by atoms with van der Waals surface area (Å²) in [7, 11) is 1.61. The van der Waals surface area contributed by atoms with Crippen molar-refractivity contribution in [1.82, 2.24) is 0 Å². The lowest BCUT2D eigenvalue weighted by Gasteiger charge is -2.06. The van der Waals surface area contributed by atoms with E-state index >= 15 is 0 Å². The van der Waals surface area contributed by atoms with Crippen LogP contribution in [0.1, 0.15) is 10.4 Å². The molecule has 1 rings (SSSR count). The summed E-state index contributed by atoms with van der Waals surface area (Å²) in [5, 5.41) is 9.24. The fraction of sp³-hybridized carbons (Fsp3) is 0.300. The molecular formula is C10H11ClO3S. The number of ether oxygens (including phenoxy) is 1. The standard InChI is InChI=1S/C10H11ClO3S/c1-14-5-6-15-8-4-2-3-7(11)9(8)10(12)13/h2-4H,5-6H2,1H3,(H,12,13).